The summed E-state index contributed by atoms with van der Waals surface area (Å²) in [6.45, 7) is 11.2. The topological polar surface area (TPSA) is 0 Å². The van der Waals surface area contributed by atoms with Crippen molar-refractivity contribution in [2.45, 2.75) is 65.6 Å². The summed E-state index contributed by atoms with van der Waals surface area (Å²) in [4.78, 5) is 0. The van der Waals surface area contributed by atoms with Crippen LogP contribution >= 0.6 is 0 Å². The van der Waals surface area contributed by atoms with Crippen LogP contribution in [0.1, 0.15) is 46.0 Å². The lowest BCUT2D eigenvalue weighted by Crippen LogP contribution is -2.16. The fourth-order valence-corrected chi connectivity index (χ4v) is 2.04. The summed E-state index contributed by atoms with van der Waals surface area (Å²) in [7, 11) is -1.22. The largest absolute Gasteiger partial charge is 0.129 e. The molecule has 106 valence electrons. The molecule has 0 unspecified atom stereocenters. The summed E-state index contributed by atoms with van der Waals surface area (Å²) in [5.41, 5.74) is 4.62. The van der Waals surface area contributed by atoms with Gasteiger partial charge in [0.2, 0.25) is 0 Å². The van der Waals surface area contributed by atoms with Crippen LogP contribution in [0.5, 0.6) is 0 Å². The molecule has 0 aliphatic heterocycles. The highest BCUT2D eigenvalue weighted by atomic mass is 28.3. The first-order valence-electron chi connectivity index (χ1n) is 7.48. The summed E-state index contributed by atoms with van der Waals surface area (Å²) < 4.78 is 0. The molecule has 0 aromatic carbocycles. The van der Waals surface area contributed by atoms with Crippen LogP contribution in [0.4, 0.5) is 0 Å². The van der Waals surface area contributed by atoms with Crippen LogP contribution in [-0.2, 0) is 0 Å². The Morgan fingerprint density at radius 2 is 1.84 bits per heavy atom. The quantitative estimate of drug-likeness (QED) is 0.235. The first-order chi connectivity index (χ1) is 8.95. The van der Waals surface area contributed by atoms with Gasteiger partial charge in [0.25, 0.3) is 0 Å². The second-order valence-electron chi connectivity index (χ2n) is 6.04. The number of hydrogen-bond donors (Lipinski definition) is 0. The van der Waals surface area contributed by atoms with Crippen LogP contribution in [-0.4, -0.2) is 8.07 Å². The average Bonchev–Trinajstić information content (AvgIpc) is 2.31. The van der Waals surface area contributed by atoms with E-state index in [1.54, 1.807) is 0 Å². The van der Waals surface area contributed by atoms with Gasteiger partial charge >= 0.3 is 0 Å². The van der Waals surface area contributed by atoms with E-state index < -0.39 is 8.07 Å². The van der Waals surface area contributed by atoms with Gasteiger partial charge in [0.05, 0.1) is 0 Å². The molecule has 0 heterocycles. The molecule has 0 aromatic rings. The SMILES string of the molecule is CCCCCC/C=C/C(C)=C\C=C\C#C[Si](C)(C)C. The van der Waals surface area contributed by atoms with E-state index in [1.165, 1.54) is 37.7 Å². The highest BCUT2D eigenvalue weighted by molar-refractivity contribution is 6.83. The minimum atomic E-state index is -1.22. The minimum Gasteiger partial charge on any atom is -0.127 e. The number of unbranched alkanes of at least 4 members (excludes halogenated alkanes) is 4. The molecule has 19 heavy (non-hydrogen) atoms. The van der Waals surface area contributed by atoms with Crippen molar-refractivity contribution in [1.29, 1.82) is 0 Å². The summed E-state index contributed by atoms with van der Waals surface area (Å²) >= 11 is 0. The average molecular weight is 275 g/mol. The second-order valence-corrected chi connectivity index (χ2v) is 10.8. The number of allylic oxidation sites excluding steroid dienone is 6. The van der Waals surface area contributed by atoms with Crippen molar-refractivity contribution >= 4 is 8.07 Å². The Kier molecular flexibility index (Phi) is 10.3. The van der Waals surface area contributed by atoms with Crippen molar-refractivity contribution in [2.24, 2.45) is 0 Å². The molecule has 0 saturated heterocycles. The molecular weight excluding hydrogens is 244 g/mol. The Morgan fingerprint density at radius 3 is 2.47 bits per heavy atom. The Balaban J connectivity index is 3.96. The van der Waals surface area contributed by atoms with E-state index in [1.807, 2.05) is 12.2 Å². The van der Waals surface area contributed by atoms with Gasteiger partial charge in [-0.2, -0.15) is 0 Å². The molecule has 0 radical (unpaired) electrons. The highest BCUT2D eigenvalue weighted by Gasteiger charge is 2.06. The fraction of sp³-hybridized carbons (Fsp3) is 0.556. The maximum absolute atomic E-state index is 3.32. The predicted octanol–water partition coefficient (Wildman–Crippen LogP) is 5.90. The van der Waals surface area contributed by atoms with Gasteiger partial charge in [-0.1, -0.05) is 81.6 Å². The van der Waals surface area contributed by atoms with Gasteiger partial charge < -0.3 is 0 Å². The van der Waals surface area contributed by atoms with Crippen molar-refractivity contribution < 1.29 is 0 Å². The maximum Gasteiger partial charge on any atom is 0.129 e. The van der Waals surface area contributed by atoms with Crippen molar-refractivity contribution in [3.8, 4) is 11.5 Å². The van der Waals surface area contributed by atoms with Crippen LogP contribution in [0.15, 0.2) is 36.0 Å². The minimum absolute atomic E-state index is 1.20. The van der Waals surface area contributed by atoms with Crippen molar-refractivity contribution in [1.82, 2.24) is 0 Å². The van der Waals surface area contributed by atoms with Gasteiger partial charge in [0.1, 0.15) is 8.07 Å². The lowest BCUT2D eigenvalue weighted by molar-refractivity contribution is 0.674. The number of rotatable bonds is 7. The van der Waals surface area contributed by atoms with Crippen molar-refractivity contribution in [3.05, 3.63) is 36.0 Å². The van der Waals surface area contributed by atoms with Crippen LogP contribution in [0.3, 0.4) is 0 Å². The number of hydrogen-bond acceptors (Lipinski definition) is 0. The first-order valence-corrected chi connectivity index (χ1v) is 11.0. The molecule has 0 fully saturated rings. The van der Waals surface area contributed by atoms with Gasteiger partial charge in [-0.25, -0.2) is 0 Å². The van der Waals surface area contributed by atoms with E-state index in [9.17, 15) is 0 Å². The molecule has 0 aliphatic carbocycles. The maximum atomic E-state index is 3.32. The van der Waals surface area contributed by atoms with E-state index in [-0.39, 0.29) is 0 Å². The molecule has 0 nitrogen and oxygen atoms in total. The van der Waals surface area contributed by atoms with Gasteiger partial charge in [0.15, 0.2) is 0 Å². The lowest BCUT2D eigenvalue weighted by atomic mass is 10.1. The molecule has 1 heteroatoms. The van der Waals surface area contributed by atoms with Gasteiger partial charge in [0, 0.05) is 0 Å². The standard InChI is InChI=1S/C18H30Si/c1-6-7-8-9-10-12-15-18(2)16-13-11-14-17-19(3,4)5/h11-13,15-16H,6-10H2,1-5H3/b13-11+,15-12+,18-16-. The van der Waals surface area contributed by atoms with E-state index in [2.05, 4.69) is 63.2 Å². The van der Waals surface area contributed by atoms with Crippen LogP contribution in [0.25, 0.3) is 0 Å². The monoisotopic (exact) mass is 274 g/mol. The highest BCUT2D eigenvalue weighted by Crippen LogP contribution is 2.04. The Morgan fingerprint density at radius 1 is 1.11 bits per heavy atom. The zero-order valence-corrected chi connectivity index (χ0v) is 14.4. The van der Waals surface area contributed by atoms with E-state index in [0.717, 1.165) is 0 Å². The third kappa shape index (κ3) is 14.9. The molecule has 0 saturated carbocycles. The third-order valence-corrected chi connectivity index (χ3v) is 3.49. The van der Waals surface area contributed by atoms with E-state index >= 15 is 0 Å². The Labute approximate surface area is 121 Å². The molecule has 0 spiro atoms. The molecule has 0 rings (SSSR count). The van der Waals surface area contributed by atoms with Crippen molar-refractivity contribution in [2.75, 3.05) is 0 Å². The van der Waals surface area contributed by atoms with Crippen molar-refractivity contribution in [3.63, 3.8) is 0 Å². The molecular formula is C18H30Si. The lowest BCUT2D eigenvalue weighted by Gasteiger charge is -2.01. The van der Waals surface area contributed by atoms with Crippen LogP contribution in [0, 0.1) is 11.5 Å². The fourth-order valence-electron chi connectivity index (χ4n) is 1.52. The molecule has 0 bridgehead atoms. The zero-order chi connectivity index (χ0) is 14.6. The second kappa shape index (κ2) is 10.9. The molecule has 0 amide bonds. The normalized spacial score (nSPS) is 13.0. The van der Waals surface area contributed by atoms with E-state index in [0.29, 0.717) is 0 Å². The summed E-state index contributed by atoms with van der Waals surface area (Å²) in [6.07, 6.45) is 17.2. The predicted molar refractivity (Wildman–Crippen MR) is 91.9 cm³/mol. The summed E-state index contributed by atoms with van der Waals surface area (Å²) in [5.74, 6) is 3.13. The smallest absolute Gasteiger partial charge is 0.127 e. The third-order valence-electron chi connectivity index (χ3n) is 2.59. The van der Waals surface area contributed by atoms with E-state index in [4.69, 9.17) is 0 Å². The zero-order valence-electron chi connectivity index (χ0n) is 13.4. The molecule has 0 aromatic heterocycles. The summed E-state index contributed by atoms with van der Waals surface area (Å²) in [5, 5.41) is 0. The Hall–Kier alpha value is -1.00. The van der Waals surface area contributed by atoms with Crippen LogP contribution < -0.4 is 0 Å². The summed E-state index contributed by atoms with van der Waals surface area (Å²) in [6, 6.07) is 0. The van der Waals surface area contributed by atoms with Gasteiger partial charge in [-0.05, 0) is 25.8 Å². The molecule has 0 N–H and O–H groups in total. The molecule has 0 atom stereocenters. The van der Waals surface area contributed by atoms with Gasteiger partial charge in [-0.3, -0.25) is 0 Å². The van der Waals surface area contributed by atoms with Gasteiger partial charge in [-0.15, -0.1) is 5.54 Å². The Bertz CT molecular complexity index is 367. The molecule has 0 aliphatic rings. The first kappa shape index (κ1) is 18.0. The van der Waals surface area contributed by atoms with Crippen LogP contribution in [0.2, 0.25) is 19.6 Å².